The van der Waals surface area contributed by atoms with Gasteiger partial charge in [0.2, 0.25) is 0 Å². The fourth-order valence-electron chi connectivity index (χ4n) is 2.94. The maximum atomic E-state index is 12.9. The van der Waals surface area contributed by atoms with E-state index in [0.29, 0.717) is 0 Å². The van der Waals surface area contributed by atoms with Gasteiger partial charge >= 0.3 is 6.03 Å². The van der Waals surface area contributed by atoms with Crippen LogP contribution in [0.1, 0.15) is 44.4 Å². The molecule has 5 heteroatoms. The molecule has 0 aliphatic heterocycles. The van der Waals surface area contributed by atoms with E-state index in [-0.39, 0.29) is 11.9 Å². The first-order valence-corrected chi connectivity index (χ1v) is 8.35. The van der Waals surface area contributed by atoms with Gasteiger partial charge in [0.25, 0.3) is 0 Å². The van der Waals surface area contributed by atoms with Crippen LogP contribution in [0, 0.1) is 0 Å². The lowest BCUT2D eigenvalue weighted by atomic mass is 9.97. The summed E-state index contributed by atoms with van der Waals surface area (Å²) in [6.45, 7) is 6.36. The third-order valence-electron chi connectivity index (χ3n) is 3.99. The van der Waals surface area contributed by atoms with Crippen molar-refractivity contribution in [2.24, 2.45) is 0 Å². The molecular formula is C19H22N4O. The summed E-state index contributed by atoms with van der Waals surface area (Å²) in [5.74, 6) is 0.251. The van der Waals surface area contributed by atoms with Crippen LogP contribution in [0.4, 0.5) is 4.79 Å². The van der Waals surface area contributed by atoms with E-state index < -0.39 is 0 Å². The molecule has 1 aromatic carbocycles. The van der Waals surface area contributed by atoms with Crippen molar-refractivity contribution in [3.05, 3.63) is 60.0 Å². The molecule has 2 heterocycles. The lowest BCUT2D eigenvalue weighted by Crippen LogP contribution is -2.22. The van der Waals surface area contributed by atoms with Gasteiger partial charge in [-0.25, -0.2) is 4.79 Å². The molecule has 3 rings (SSSR count). The Kier molecular flexibility index (Phi) is 4.60. The quantitative estimate of drug-likeness (QED) is 0.718. The second-order valence-corrected chi connectivity index (χ2v) is 6.13. The zero-order chi connectivity index (χ0) is 17.1. The Morgan fingerprint density at radius 1 is 1.17 bits per heavy atom. The van der Waals surface area contributed by atoms with E-state index in [2.05, 4.69) is 31.0 Å². The summed E-state index contributed by atoms with van der Waals surface area (Å²) in [5, 5.41) is 8.73. The normalized spacial score (nSPS) is 11.2. The molecule has 2 aromatic heterocycles. The van der Waals surface area contributed by atoms with Crippen LogP contribution in [0.2, 0.25) is 0 Å². The molecule has 3 aromatic rings. The second kappa shape index (κ2) is 6.83. The Hall–Kier alpha value is -2.69. The average Bonchev–Trinajstić information content (AvgIpc) is 3.23. The second-order valence-electron chi connectivity index (χ2n) is 6.13. The highest BCUT2D eigenvalue weighted by Gasteiger charge is 2.24. The smallest absolute Gasteiger partial charge is 0.244 e. The molecule has 0 amide bonds. The molecular weight excluding hydrogens is 300 g/mol. The molecule has 0 N–H and O–H groups in total. The van der Waals surface area contributed by atoms with E-state index >= 15 is 0 Å². The topological polar surface area (TPSA) is 52.7 Å². The Bertz CT molecular complexity index is 817. The molecule has 0 fully saturated rings. The standard InChI is InChI=1S/C19H22N4O/c1-4-9-16-17(14(2)3)21-23(19(24)22-13-8-12-20-22)18(16)15-10-6-5-7-11-15/h5-8,10-14H,4,9H2,1-3H3. The van der Waals surface area contributed by atoms with Crippen molar-refractivity contribution in [3.8, 4) is 11.3 Å². The van der Waals surface area contributed by atoms with Gasteiger partial charge in [0.1, 0.15) is 0 Å². The fourth-order valence-corrected chi connectivity index (χ4v) is 2.94. The van der Waals surface area contributed by atoms with E-state index in [1.807, 2.05) is 30.3 Å². The van der Waals surface area contributed by atoms with Crippen LogP contribution in [0.3, 0.4) is 0 Å². The van der Waals surface area contributed by atoms with Gasteiger partial charge in [-0.3, -0.25) is 0 Å². The number of hydrogen-bond acceptors (Lipinski definition) is 3. The molecule has 0 unspecified atom stereocenters. The molecule has 0 bridgehead atoms. The van der Waals surface area contributed by atoms with Gasteiger partial charge < -0.3 is 0 Å². The number of aromatic nitrogens is 4. The highest BCUT2D eigenvalue weighted by atomic mass is 16.2. The van der Waals surface area contributed by atoms with Gasteiger partial charge in [-0.05, 0) is 18.4 Å². The molecule has 0 spiro atoms. The Labute approximate surface area is 141 Å². The first-order chi connectivity index (χ1) is 11.6. The van der Waals surface area contributed by atoms with Gasteiger partial charge in [-0.2, -0.15) is 19.6 Å². The molecule has 0 atom stereocenters. The van der Waals surface area contributed by atoms with Crippen molar-refractivity contribution in [1.82, 2.24) is 19.6 Å². The highest BCUT2D eigenvalue weighted by molar-refractivity contribution is 5.84. The lowest BCUT2D eigenvalue weighted by molar-refractivity contribution is 0.238. The summed E-state index contributed by atoms with van der Waals surface area (Å²) in [5.41, 5.74) is 4.01. The molecule has 0 saturated carbocycles. The molecule has 24 heavy (non-hydrogen) atoms. The van der Waals surface area contributed by atoms with Crippen molar-refractivity contribution < 1.29 is 4.79 Å². The van der Waals surface area contributed by atoms with E-state index in [9.17, 15) is 4.79 Å². The van der Waals surface area contributed by atoms with Crippen LogP contribution in [0.15, 0.2) is 48.8 Å². The largest absolute Gasteiger partial charge is 0.369 e. The third-order valence-corrected chi connectivity index (χ3v) is 3.99. The molecule has 0 aliphatic rings. The number of benzene rings is 1. The number of carbonyl (C=O) groups excluding carboxylic acids is 1. The third kappa shape index (κ3) is 2.89. The van der Waals surface area contributed by atoms with Crippen LogP contribution in [0.25, 0.3) is 11.3 Å². The van der Waals surface area contributed by atoms with E-state index in [0.717, 1.165) is 35.4 Å². The van der Waals surface area contributed by atoms with Crippen molar-refractivity contribution >= 4 is 6.03 Å². The first kappa shape index (κ1) is 16.2. The van der Waals surface area contributed by atoms with E-state index in [1.165, 1.54) is 9.36 Å². The minimum atomic E-state index is -0.261. The summed E-state index contributed by atoms with van der Waals surface area (Å²) in [6, 6.07) is 11.5. The fraction of sp³-hybridized carbons (Fsp3) is 0.316. The summed E-state index contributed by atoms with van der Waals surface area (Å²) in [6.07, 6.45) is 5.14. The van der Waals surface area contributed by atoms with E-state index in [1.54, 1.807) is 18.5 Å². The maximum absolute atomic E-state index is 12.9. The summed E-state index contributed by atoms with van der Waals surface area (Å²) >= 11 is 0. The summed E-state index contributed by atoms with van der Waals surface area (Å²) < 4.78 is 2.82. The van der Waals surface area contributed by atoms with Crippen molar-refractivity contribution in [1.29, 1.82) is 0 Å². The van der Waals surface area contributed by atoms with Crippen LogP contribution >= 0.6 is 0 Å². The molecule has 0 radical (unpaired) electrons. The van der Waals surface area contributed by atoms with Crippen molar-refractivity contribution in [3.63, 3.8) is 0 Å². The van der Waals surface area contributed by atoms with Gasteiger partial charge in [-0.1, -0.05) is 57.5 Å². The van der Waals surface area contributed by atoms with Crippen molar-refractivity contribution in [2.45, 2.75) is 39.5 Å². The minimum Gasteiger partial charge on any atom is -0.244 e. The SMILES string of the molecule is CCCc1c(C(C)C)nn(C(=O)n2cccn2)c1-c1ccccc1. The molecule has 0 aliphatic carbocycles. The van der Waals surface area contributed by atoms with E-state index in [4.69, 9.17) is 0 Å². The Morgan fingerprint density at radius 2 is 1.92 bits per heavy atom. The maximum Gasteiger partial charge on any atom is 0.369 e. The zero-order valence-electron chi connectivity index (χ0n) is 14.3. The zero-order valence-corrected chi connectivity index (χ0v) is 14.3. The average molecular weight is 322 g/mol. The molecule has 124 valence electrons. The van der Waals surface area contributed by atoms with Crippen LogP contribution in [0.5, 0.6) is 0 Å². The number of nitrogens with zero attached hydrogens (tertiary/aromatic N) is 4. The predicted octanol–water partition coefficient (Wildman–Crippen LogP) is 4.34. The number of carbonyl (C=O) groups is 1. The first-order valence-electron chi connectivity index (χ1n) is 8.35. The Morgan fingerprint density at radius 3 is 2.50 bits per heavy atom. The van der Waals surface area contributed by atoms with Crippen LogP contribution < -0.4 is 0 Å². The van der Waals surface area contributed by atoms with Crippen LogP contribution in [-0.2, 0) is 6.42 Å². The van der Waals surface area contributed by atoms with Gasteiger partial charge in [-0.15, -0.1) is 0 Å². The number of hydrogen-bond donors (Lipinski definition) is 0. The Balaban J connectivity index is 2.24. The molecule has 5 nitrogen and oxygen atoms in total. The van der Waals surface area contributed by atoms with Gasteiger partial charge in [0.05, 0.1) is 11.4 Å². The monoisotopic (exact) mass is 322 g/mol. The van der Waals surface area contributed by atoms with Gasteiger partial charge in [0.15, 0.2) is 0 Å². The minimum absolute atomic E-state index is 0.251. The van der Waals surface area contributed by atoms with Gasteiger partial charge in [0, 0.05) is 23.5 Å². The summed E-state index contributed by atoms with van der Waals surface area (Å²) in [4.78, 5) is 12.9. The predicted molar refractivity (Wildman–Crippen MR) is 94.2 cm³/mol. The highest BCUT2D eigenvalue weighted by Crippen LogP contribution is 2.31. The lowest BCUT2D eigenvalue weighted by Gasteiger charge is -2.09. The summed E-state index contributed by atoms with van der Waals surface area (Å²) in [7, 11) is 0. The molecule has 0 saturated heterocycles. The number of rotatable bonds is 4. The van der Waals surface area contributed by atoms with Crippen LogP contribution in [-0.4, -0.2) is 25.6 Å². The van der Waals surface area contributed by atoms with Crippen molar-refractivity contribution in [2.75, 3.05) is 0 Å².